The van der Waals surface area contributed by atoms with Crippen LogP contribution in [0.5, 0.6) is 0 Å². The molecule has 0 spiro atoms. The van der Waals surface area contributed by atoms with E-state index in [0.717, 1.165) is 11.2 Å². The van der Waals surface area contributed by atoms with Gasteiger partial charge in [0.15, 0.2) is 17.5 Å². The van der Waals surface area contributed by atoms with Crippen LogP contribution in [0.4, 0.5) is 10.1 Å². The molecule has 0 fully saturated rings. The van der Waals surface area contributed by atoms with Gasteiger partial charge in [-0.05, 0) is 36.8 Å². The van der Waals surface area contributed by atoms with Gasteiger partial charge >= 0.3 is 0 Å². The third kappa shape index (κ3) is 3.99. The molecule has 6 aromatic rings. The first-order chi connectivity index (χ1) is 17.9. The number of carbonyl (C=O) groups excluding carboxylic acids is 1. The molecule has 37 heavy (non-hydrogen) atoms. The lowest BCUT2D eigenvalue weighted by molar-refractivity contribution is -0.118. The van der Waals surface area contributed by atoms with E-state index in [1.807, 2.05) is 43.7 Å². The highest BCUT2D eigenvalue weighted by Gasteiger charge is 2.19. The van der Waals surface area contributed by atoms with Crippen LogP contribution in [0.2, 0.25) is 0 Å². The molecule has 1 aromatic carbocycles. The number of benzene rings is 1. The van der Waals surface area contributed by atoms with Crippen molar-refractivity contribution in [1.82, 2.24) is 39.7 Å². The van der Waals surface area contributed by atoms with Crippen molar-refractivity contribution in [2.45, 2.75) is 20.8 Å². The van der Waals surface area contributed by atoms with Crippen LogP contribution in [0.1, 0.15) is 19.5 Å². The Kier molecular flexibility index (Phi) is 5.25. The first-order valence-corrected chi connectivity index (χ1v) is 11.7. The second kappa shape index (κ2) is 8.63. The normalized spacial score (nSPS) is 11.6. The number of nitrogens with zero attached hydrogens (tertiary/aromatic N) is 6. The Morgan fingerprint density at radius 2 is 1.97 bits per heavy atom. The highest BCUT2D eigenvalue weighted by atomic mass is 19.1. The van der Waals surface area contributed by atoms with Crippen LogP contribution in [0, 0.1) is 18.7 Å². The van der Waals surface area contributed by atoms with Crippen LogP contribution in [0.15, 0.2) is 55.4 Å². The maximum atomic E-state index is 15.1. The Hall–Kier alpha value is -4.93. The number of rotatable bonds is 5. The van der Waals surface area contributed by atoms with Crippen molar-refractivity contribution in [2.24, 2.45) is 5.92 Å². The topological polar surface area (TPSA) is 130 Å². The number of aryl methyl sites for hydroxylation is 1. The fourth-order valence-corrected chi connectivity index (χ4v) is 4.14. The van der Waals surface area contributed by atoms with E-state index in [-0.39, 0.29) is 17.3 Å². The summed E-state index contributed by atoms with van der Waals surface area (Å²) in [6, 6.07) is 6.82. The Morgan fingerprint density at radius 1 is 1.11 bits per heavy atom. The van der Waals surface area contributed by atoms with Crippen LogP contribution in [0.25, 0.3) is 50.4 Å². The number of aromatic nitrogens is 8. The molecule has 0 unspecified atom stereocenters. The second-order valence-electron chi connectivity index (χ2n) is 9.10. The second-order valence-corrected chi connectivity index (χ2v) is 9.10. The minimum Gasteiger partial charge on any atom is -0.336 e. The molecule has 0 bridgehead atoms. The number of hydrogen-bond donors (Lipinski definition) is 3. The minimum atomic E-state index is -0.487. The SMILES string of the molecule is Cc1cn(-c2nccc3[nH]c(-c4[nH]nc5c(F)cc(-c6cncc(NC(=O)C(C)C)c6)cc45)nc23)cn1. The number of nitrogens with one attached hydrogen (secondary N) is 3. The molecule has 5 heterocycles. The van der Waals surface area contributed by atoms with E-state index in [2.05, 4.69) is 35.5 Å². The number of anilines is 1. The number of hydrogen-bond acceptors (Lipinski definition) is 6. The molecule has 184 valence electrons. The van der Waals surface area contributed by atoms with E-state index in [9.17, 15) is 4.79 Å². The summed E-state index contributed by atoms with van der Waals surface area (Å²) in [6.07, 6.45) is 8.43. The zero-order valence-corrected chi connectivity index (χ0v) is 20.2. The minimum absolute atomic E-state index is 0.123. The van der Waals surface area contributed by atoms with Crippen LogP contribution in [-0.2, 0) is 4.79 Å². The third-order valence-corrected chi connectivity index (χ3v) is 6.05. The van der Waals surface area contributed by atoms with Gasteiger partial charge in [-0.25, -0.2) is 19.3 Å². The number of fused-ring (bicyclic) bond motifs is 2. The van der Waals surface area contributed by atoms with Gasteiger partial charge in [0, 0.05) is 35.5 Å². The van der Waals surface area contributed by atoms with Gasteiger partial charge in [0.2, 0.25) is 5.91 Å². The van der Waals surface area contributed by atoms with E-state index < -0.39 is 5.82 Å². The van der Waals surface area contributed by atoms with Gasteiger partial charge in [-0.1, -0.05) is 13.8 Å². The molecular weight excluding hydrogens is 473 g/mol. The lowest BCUT2D eigenvalue weighted by Gasteiger charge is -2.09. The summed E-state index contributed by atoms with van der Waals surface area (Å²) >= 11 is 0. The molecule has 0 aliphatic rings. The number of amides is 1. The molecule has 0 radical (unpaired) electrons. The standard InChI is InChI=1S/C26H22FN9O/c1-13(2)26(37)31-17-6-16(9-28-10-17)15-7-18-21(19(27)8-15)34-35-22(18)24-32-20-4-5-29-25(23(20)33-24)36-11-14(3)30-12-36/h4-13H,1-3H3,(H,31,37)(H,32,33)(H,34,35). The van der Waals surface area contributed by atoms with Gasteiger partial charge in [-0.3, -0.25) is 19.4 Å². The number of carbonyl (C=O) groups is 1. The van der Waals surface area contributed by atoms with E-state index in [4.69, 9.17) is 4.98 Å². The molecule has 10 nitrogen and oxygen atoms in total. The lowest BCUT2D eigenvalue weighted by Crippen LogP contribution is -2.17. The molecule has 5 aromatic heterocycles. The van der Waals surface area contributed by atoms with Crippen molar-refractivity contribution in [1.29, 1.82) is 0 Å². The van der Waals surface area contributed by atoms with E-state index in [1.54, 1.807) is 31.0 Å². The Morgan fingerprint density at radius 3 is 2.76 bits per heavy atom. The van der Waals surface area contributed by atoms with Crippen molar-refractivity contribution in [3.63, 3.8) is 0 Å². The molecule has 0 aliphatic heterocycles. The fourth-order valence-electron chi connectivity index (χ4n) is 4.14. The van der Waals surface area contributed by atoms with Crippen LogP contribution in [-0.4, -0.2) is 45.6 Å². The van der Waals surface area contributed by atoms with Crippen molar-refractivity contribution < 1.29 is 9.18 Å². The molecule has 0 saturated heterocycles. The van der Waals surface area contributed by atoms with E-state index in [0.29, 0.717) is 45.1 Å². The molecule has 0 atom stereocenters. The summed E-state index contributed by atoms with van der Waals surface area (Å²) in [5.74, 6) is 0.336. The third-order valence-electron chi connectivity index (χ3n) is 6.05. The highest BCUT2D eigenvalue weighted by Crippen LogP contribution is 2.33. The number of aromatic amines is 2. The summed E-state index contributed by atoms with van der Waals surface area (Å²) in [4.78, 5) is 33.1. The van der Waals surface area contributed by atoms with Crippen molar-refractivity contribution >= 4 is 33.5 Å². The monoisotopic (exact) mass is 495 g/mol. The fraction of sp³-hybridized carbons (Fsp3) is 0.154. The zero-order chi connectivity index (χ0) is 25.7. The molecule has 0 saturated carbocycles. The molecular formula is C26H22FN9O. The quantitative estimate of drug-likeness (QED) is 0.315. The number of halogens is 1. The number of H-pyrrole nitrogens is 2. The Balaban J connectivity index is 1.44. The van der Waals surface area contributed by atoms with Gasteiger partial charge in [0.25, 0.3) is 0 Å². The highest BCUT2D eigenvalue weighted by molar-refractivity contribution is 5.97. The lowest BCUT2D eigenvalue weighted by atomic mass is 10.0. The molecule has 11 heteroatoms. The summed E-state index contributed by atoms with van der Waals surface area (Å²) in [5, 5.41) is 10.5. The van der Waals surface area contributed by atoms with Crippen LogP contribution in [0.3, 0.4) is 0 Å². The van der Waals surface area contributed by atoms with E-state index in [1.165, 1.54) is 6.07 Å². The average molecular weight is 496 g/mol. The van der Waals surface area contributed by atoms with Gasteiger partial charge in [-0.15, -0.1) is 0 Å². The summed E-state index contributed by atoms with van der Waals surface area (Å²) < 4.78 is 17.0. The summed E-state index contributed by atoms with van der Waals surface area (Å²) in [7, 11) is 0. The molecule has 0 aliphatic carbocycles. The van der Waals surface area contributed by atoms with Gasteiger partial charge in [0.05, 0.1) is 23.1 Å². The van der Waals surface area contributed by atoms with E-state index >= 15 is 4.39 Å². The number of pyridine rings is 2. The predicted molar refractivity (Wildman–Crippen MR) is 137 cm³/mol. The zero-order valence-electron chi connectivity index (χ0n) is 20.2. The Bertz CT molecular complexity index is 1800. The van der Waals surface area contributed by atoms with Crippen molar-refractivity contribution in [3.05, 3.63) is 66.9 Å². The Labute approximate surface area is 210 Å². The average Bonchev–Trinajstić information content (AvgIpc) is 3.61. The molecule has 6 rings (SSSR count). The van der Waals surface area contributed by atoms with Crippen molar-refractivity contribution in [3.8, 4) is 28.5 Å². The summed E-state index contributed by atoms with van der Waals surface area (Å²) in [6.45, 7) is 5.52. The van der Waals surface area contributed by atoms with Gasteiger partial charge in [-0.2, -0.15) is 5.10 Å². The maximum absolute atomic E-state index is 15.1. The summed E-state index contributed by atoms with van der Waals surface area (Å²) in [5.41, 5.74) is 4.79. The molecule has 3 N–H and O–H groups in total. The van der Waals surface area contributed by atoms with Crippen LogP contribution >= 0.6 is 0 Å². The van der Waals surface area contributed by atoms with Crippen LogP contribution < -0.4 is 5.32 Å². The largest absolute Gasteiger partial charge is 0.336 e. The maximum Gasteiger partial charge on any atom is 0.226 e. The number of imidazole rings is 2. The van der Waals surface area contributed by atoms with Crippen molar-refractivity contribution in [2.75, 3.05) is 5.32 Å². The molecule has 1 amide bonds. The smallest absolute Gasteiger partial charge is 0.226 e. The predicted octanol–water partition coefficient (Wildman–Crippen LogP) is 4.79. The first-order valence-electron chi connectivity index (χ1n) is 11.7. The van der Waals surface area contributed by atoms with Gasteiger partial charge < -0.3 is 10.3 Å². The van der Waals surface area contributed by atoms with Gasteiger partial charge in [0.1, 0.15) is 23.1 Å². The first kappa shape index (κ1) is 22.5.